The molecule has 0 bridgehead atoms. The molecule has 57 heavy (non-hydrogen) atoms. The highest BCUT2D eigenvalue weighted by Crippen LogP contribution is 2.44. The molecule has 314 valence electrons. The van der Waals surface area contributed by atoms with E-state index in [9.17, 15) is 34.6 Å². The van der Waals surface area contributed by atoms with E-state index < -0.39 is 50.2 Å². The Hall–Kier alpha value is -3.54. The van der Waals surface area contributed by atoms with Crippen molar-refractivity contribution in [3.8, 4) is 12.1 Å². The number of nitrogens with one attached hydrogen (secondary N) is 1. The molecule has 17 heteroatoms. The number of aliphatic hydroxyl groups is 2. The van der Waals surface area contributed by atoms with Crippen molar-refractivity contribution in [2.45, 2.75) is 140 Å². The Kier molecular flexibility index (Phi) is 19.2. The molecule has 3 heterocycles. The molecule has 0 saturated carbocycles. The van der Waals surface area contributed by atoms with Crippen molar-refractivity contribution in [1.29, 1.82) is 10.5 Å². The first-order chi connectivity index (χ1) is 27.5. The summed E-state index contributed by atoms with van der Waals surface area (Å²) in [5.74, 6) is -0.440. The molecule has 0 spiro atoms. The van der Waals surface area contributed by atoms with Crippen LogP contribution in [0.5, 0.6) is 0 Å². The number of nitriles is 2. The molecular weight excluding hydrogens is 756 g/mol. The Balaban J connectivity index is 1.23. The lowest BCUT2D eigenvalue weighted by Crippen LogP contribution is -2.46. The number of anilines is 1. The zero-order valence-corrected chi connectivity index (χ0v) is 33.8. The number of nitrogens with two attached hydrogens (primary N) is 1. The molecule has 1 saturated heterocycles. The Labute approximate surface area is 334 Å². The van der Waals surface area contributed by atoms with Crippen molar-refractivity contribution in [2.24, 2.45) is 0 Å². The lowest BCUT2D eigenvalue weighted by atomic mass is 9.96. The number of benzene rings is 1. The summed E-state index contributed by atoms with van der Waals surface area (Å²) in [6, 6.07) is 10.6. The average Bonchev–Trinajstić information content (AvgIpc) is 3.74. The topological polar surface area (TPSA) is 230 Å². The van der Waals surface area contributed by atoms with Gasteiger partial charge in [-0.2, -0.15) is 15.6 Å². The molecule has 3 aromatic rings. The summed E-state index contributed by atoms with van der Waals surface area (Å²) in [4.78, 5) is 14.6. The van der Waals surface area contributed by atoms with E-state index in [0.29, 0.717) is 17.7 Å². The summed E-state index contributed by atoms with van der Waals surface area (Å²) in [7, 11) is -4.67. The van der Waals surface area contributed by atoms with Crippen LogP contribution in [0.3, 0.4) is 0 Å². The monoisotopic (exact) mass is 815 g/mol. The van der Waals surface area contributed by atoms with Gasteiger partial charge >= 0.3 is 7.75 Å². The molecule has 1 aliphatic rings. The van der Waals surface area contributed by atoms with Gasteiger partial charge in [0.25, 0.3) is 0 Å². The van der Waals surface area contributed by atoms with Gasteiger partial charge in [-0.3, -0.25) is 4.52 Å². The number of halogens is 1. The lowest BCUT2D eigenvalue weighted by Gasteiger charge is -2.26. The Morgan fingerprint density at radius 2 is 1.67 bits per heavy atom. The standard InChI is InChI=1S/C40H59FN7O8P/c1-2-3-4-5-6-7-8-9-10-11-12-13-14-15-16-19-53-26-33(54-25-31-20-30(23-42)21-32(41)22-31)24-47-57(51,52)55-28-40(27-43)38(50)36(49)37(56-40)34-17-18-35-39(44)45-29-46-48(34)35/h17-18,20-22,29,33,36-38,49-50H,2-16,19,24-26,28H2,1H3,(H2,44,45,46)(H2,47,51,52)/t33-,36-,37-,38-,40+/m0/s1. The third-order valence-corrected chi connectivity index (χ3v) is 11.2. The summed E-state index contributed by atoms with van der Waals surface area (Å²) in [6.07, 6.45) is 14.3. The van der Waals surface area contributed by atoms with E-state index in [4.69, 9.17) is 24.5 Å². The molecule has 6 atom stereocenters. The summed E-state index contributed by atoms with van der Waals surface area (Å²) in [6.45, 7) is 1.47. The molecule has 1 fully saturated rings. The maximum atomic E-state index is 14.1. The highest BCUT2D eigenvalue weighted by Gasteiger charge is 2.57. The third kappa shape index (κ3) is 14.4. The predicted molar refractivity (Wildman–Crippen MR) is 211 cm³/mol. The van der Waals surface area contributed by atoms with Gasteiger partial charge in [-0.1, -0.05) is 96.8 Å². The lowest BCUT2D eigenvalue weighted by molar-refractivity contribution is -0.0711. The minimum absolute atomic E-state index is 0.0309. The molecule has 0 aliphatic carbocycles. The van der Waals surface area contributed by atoms with E-state index in [1.165, 1.54) is 100 Å². The minimum Gasteiger partial charge on any atom is -0.387 e. The second-order valence-electron chi connectivity index (χ2n) is 14.7. The zero-order valence-electron chi connectivity index (χ0n) is 32.9. The first kappa shape index (κ1) is 46.2. The molecule has 0 amide bonds. The number of rotatable bonds is 28. The van der Waals surface area contributed by atoms with Gasteiger partial charge in [-0.25, -0.2) is 23.5 Å². The van der Waals surface area contributed by atoms with Crippen molar-refractivity contribution >= 4 is 19.1 Å². The Morgan fingerprint density at radius 1 is 1.02 bits per heavy atom. The van der Waals surface area contributed by atoms with Gasteiger partial charge in [0.15, 0.2) is 5.82 Å². The van der Waals surface area contributed by atoms with E-state index in [-0.39, 0.29) is 36.8 Å². The van der Waals surface area contributed by atoms with Gasteiger partial charge in [0.2, 0.25) is 5.60 Å². The van der Waals surface area contributed by atoms with Crippen LogP contribution in [-0.4, -0.2) is 80.0 Å². The van der Waals surface area contributed by atoms with Gasteiger partial charge in [0.1, 0.15) is 48.6 Å². The predicted octanol–water partition coefficient (Wildman–Crippen LogP) is 6.56. The number of fused-ring (bicyclic) bond motifs is 1. The second kappa shape index (κ2) is 23.8. The van der Waals surface area contributed by atoms with Crippen molar-refractivity contribution < 1.29 is 42.8 Å². The summed E-state index contributed by atoms with van der Waals surface area (Å²) >= 11 is 0. The van der Waals surface area contributed by atoms with Crippen molar-refractivity contribution in [3.05, 3.63) is 59.3 Å². The number of aromatic nitrogens is 3. The van der Waals surface area contributed by atoms with E-state index in [1.807, 2.05) is 6.07 Å². The van der Waals surface area contributed by atoms with E-state index in [1.54, 1.807) is 18.2 Å². The molecule has 4 rings (SSSR count). The molecule has 0 radical (unpaired) electrons. The molecule has 2 aromatic heterocycles. The second-order valence-corrected chi connectivity index (χ2v) is 16.4. The third-order valence-electron chi connectivity index (χ3n) is 10.2. The molecule has 15 nitrogen and oxygen atoms in total. The summed E-state index contributed by atoms with van der Waals surface area (Å²) in [5, 5.41) is 47.6. The summed E-state index contributed by atoms with van der Waals surface area (Å²) in [5.41, 5.74) is 4.86. The molecule has 6 N–H and O–H groups in total. The van der Waals surface area contributed by atoms with Crippen LogP contribution in [-0.2, 0) is 29.9 Å². The molecule has 1 aliphatic heterocycles. The quantitative estimate of drug-likeness (QED) is 0.0386. The number of nitrogens with zero attached hydrogens (tertiary/aromatic N) is 5. The molecule has 1 unspecified atom stereocenters. The van der Waals surface area contributed by atoms with E-state index in [0.717, 1.165) is 25.3 Å². The SMILES string of the molecule is CCCCCCCCCCCCCCCCCOC[C@H](CNP(=O)(O)OC[C@@]1(C#N)O[C@@H](c2ccc3c(N)ncnn23)[C@H](O)[C@@H]1O)OCc1cc(F)cc(C#N)c1. The Morgan fingerprint density at radius 3 is 2.30 bits per heavy atom. The number of nitrogen functional groups attached to an aromatic ring is 1. The number of aliphatic hydroxyl groups excluding tert-OH is 2. The fraction of sp³-hybridized carbons (Fsp3) is 0.650. The fourth-order valence-corrected chi connectivity index (χ4v) is 7.78. The minimum atomic E-state index is -4.67. The number of ether oxygens (including phenoxy) is 3. The van der Waals surface area contributed by atoms with Gasteiger partial charge in [-0.15, -0.1) is 0 Å². The maximum Gasteiger partial charge on any atom is 0.403 e. The number of unbranched alkanes of at least 4 members (excludes halogenated alkanes) is 14. The van der Waals surface area contributed by atoms with Crippen LogP contribution in [0.4, 0.5) is 10.2 Å². The van der Waals surface area contributed by atoms with Crippen LogP contribution in [0.1, 0.15) is 126 Å². The Bertz CT molecular complexity index is 1810. The van der Waals surface area contributed by atoms with Crippen LogP contribution in [0.25, 0.3) is 5.52 Å². The number of hydrogen-bond acceptors (Lipinski definition) is 12. The van der Waals surface area contributed by atoms with Gasteiger partial charge in [-0.05, 0) is 42.3 Å². The fourth-order valence-electron chi connectivity index (χ4n) is 6.89. The first-order valence-electron chi connectivity index (χ1n) is 20.2. The largest absolute Gasteiger partial charge is 0.403 e. The van der Waals surface area contributed by atoms with Crippen LogP contribution >= 0.6 is 7.75 Å². The first-order valence-corrected chi connectivity index (χ1v) is 21.7. The maximum absolute atomic E-state index is 14.1. The van der Waals surface area contributed by atoms with Gasteiger partial charge in [0, 0.05) is 13.2 Å². The van der Waals surface area contributed by atoms with E-state index in [2.05, 4.69) is 22.1 Å². The van der Waals surface area contributed by atoms with Gasteiger partial charge in [0.05, 0.1) is 36.6 Å². The number of hydrogen-bond donors (Lipinski definition) is 5. The van der Waals surface area contributed by atoms with Crippen LogP contribution in [0, 0.1) is 28.5 Å². The van der Waals surface area contributed by atoms with E-state index >= 15 is 0 Å². The van der Waals surface area contributed by atoms with Crippen LogP contribution < -0.4 is 10.8 Å². The normalized spacial score (nSPS) is 21.0. The van der Waals surface area contributed by atoms with Crippen LogP contribution in [0.2, 0.25) is 0 Å². The highest BCUT2D eigenvalue weighted by molar-refractivity contribution is 7.50. The van der Waals surface area contributed by atoms with Crippen molar-refractivity contribution in [2.75, 3.05) is 32.1 Å². The smallest absolute Gasteiger partial charge is 0.387 e. The van der Waals surface area contributed by atoms with Crippen molar-refractivity contribution in [1.82, 2.24) is 19.7 Å². The zero-order chi connectivity index (χ0) is 41.1. The molecular formula is C40H59FN7O8P. The van der Waals surface area contributed by atoms with Crippen LogP contribution in [0.15, 0.2) is 36.7 Å². The average molecular weight is 816 g/mol. The summed E-state index contributed by atoms with van der Waals surface area (Å²) < 4.78 is 51.5. The molecule has 1 aromatic carbocycles. The highest BCUT2D eigenvalue weighted by atomic mass is 31.2. The van der Waals surface area contributed by atoms with Crippen molar-refractivity contribution in [3.63, 3.8) is 0 Å². The van der Waals surface area contributed by atoms with Gasteiger partial charge < -0.3 is 35.1 Å².